The van der Waals surface area contributed by atoms with E-state index in [1.807, 2.05) is 11.8 Å². The lowest BCUT2D eigenvalue weighted by molar-refractivity contribution is 0.0713. The quantitative estimate of drug-likeness (QED) is 0.909. The molecule has 100 valence electrons. The molecule has 1 atom stereocenters. The van der Waals surface area contributed by atoms with E-state index in [1.165, 1.54) is 0 Å². The largest absolute Gasteiger partial charge is 0.335 e. The summed E-state index contributed by atoms with van der Waals surface area (Å²) in [6.45, 7) is 8.65. The molecule has 4 nitrogen and oxygen atoms in total. The minimum atomic E-state index is 0.153. The van der Waals surface area contributed by atoms with E-state index in [9.17, 15) is 4.79 Å². The van der Waals surface area contributed by atoms with Crippen molar-refractivity contribution in [1.82, 2.24) is 15.2 Å². The van der Waals surface area contributed by atoms with Crippen LogP contribution in [0.4, 0.5) is 0 Å². The molecule has 5 heteroatoms. The molecule has 0 radical (unpaired) electrons. The lowest BCUT2D eigenvalue weighted by atomic mass is 10.2. The number of hydrogen-bond donors (Lipinski definition) is 1. The lowest BCUT2D eigenvalue weighted by Gasteiger charge is -2.31. The second-order valence-corrected chi connectivity index (χ2v) is 5.96. The maximum Gasteiger partial charge on any atom is 0.265 e. The van der Waals surface area contributed by atoms with Crippen molar-refractivity contribution in [2.75, 3.05) is 19.6 Å². The van der Waals surface area contributed by atoms with Crippen LogP contribution in [0.5, 0.6) is 0 Å². The van der Waals surface area contributed by atoms with Crippen molar-refractivity contribution in [2.45, 2.75) is 39.7 Å². The van der Waals surface area contributed by atoms with Crippen molar-refractivity contribution < 1.29 is 4.79 Å². The zero-order valence-electron chi connectivity index (χ0n) is 11.3. The number of hydrogen-bond acceptors (Lipinski definition) is 4. The first-order chi connectivity index (χ1) is 8.61. The third kappa shape index (κ3) is 2.90. The zero-order chi connectivity index (χ0) is 13.1. The van der Waals surface area contributed by atoms with Crippen LogP contribution in [0.25, 0.3) is 0 Å². The number of carbonyl (C=O) groups excluding carboxylic acids is 1. The smallest absolute Gasteiger partial charge is 0.265 e. The van der Waals surface area contributed by atoms with E-state index in [2.05, 4.69) is 24.1 Å². The summed E-state index contributed by atoms with van der Waals surface area (Å²) in [5, 5.41) is 4.44. The SMILES string of the molecule is CCCc1nc(C)c(C(=O)N2CCNC(C)C2)s1. The maximum atomic E-state index is 12.5. The molecular weight excluding hydrogens is 246 g/mol. The zero-order valence-corrected chi connectivity index (χ0v) is 12.1. The van der Waals surface area contributed by atoms with Crippen LogP contribution in [0.1, 0.15) is 40.6 Å². The molecule has 0 aliphatic carbocycles. The van der Waals surface area contributed by atoms with Gasteiger partial charge in [-0.15, -0.1) is 11.3 Å². The average molecular weight is 267 g/mol. The molecule has 0 aromatic carbocycles. The third-order valence-electron chi connectivity index (χ3n) is 3.15. The number of thiazole rings is 1. The first-order valence-electron chi connectivity index (χ1n) is 6.60. The van der Waals surface area contributed by atoms with Crippen LogP contribution in [0.2, 0.25) is 0 Å². The Labute approximate surface area is 112 Å². The molecule has 0 bridgehead atoms. The van der Waals surface area contributed by atoms with Gasteiger partial charge in [0.15, 0.2) is 0 Å². The van der Waals surface area contributed by atoms with Crippen molar-refractivity contribution >= 4 is 17.2 Å². The molecule has 1 amide bonds. The van der Waals surface area contributed by atoms with Crippen LogP contribution in [-0.4, -0.2) is 41.5 Å². The summed E-state index contributed by atoms with van der Waals surface area (Å²) in [5.74, 6) is 0.153. The van der Waals surface area contributed by atoms with Crippen molar-refractivity contribution in [3.05, 3.63) is 15.6 Å². The van der Waals surface area contributed by atoms with Crippen molar-refractivity contribution in [1.29, 1.82) is 0 Å². The van der Waals surface area contributed by atoms with Crippen LogP contribution in [0.3, 0.4) is 0 Å². The van der Waals surface area contributed by atoms with Gasteiger partial charge in [0.25, 0.3) is 5.91 Å². The van der Waals surface area contributed by atoms with Crippen LogP contribution in [0, 0.1) is 6.92 Å². The summed E-state index contributed by atoms with van der Waals surface area (Å²) in [6, 6.07) is 0.381. The molecule has 0 spiro atoms. The first kappa shape index (κ1) is 13.5. The van der Waals surface area contributed by atoms with Crippen molar-refractivity contribution in [3.63, 3.8) is 0 Å². The predicted octanol–water partition coefficient (Wildman–Crippen LogP) is 1.84. The Morgan fingerprint density at radius 2 is 2.39 bits per heavy atom. The predicted molar refractivity (Wildman–Crippen MR) is 74.2 cm³/mol. The number of aryl methyl sites for hydroxylation is 2. The number of nitrogens with zero attached hydrogens (tertiary/aromatic N) is 2. The van der Waals surface area contributed by atoms with Gasteiger partial charge in [-0.05, 0) is 26.7 Å². The van der Waals surface area contributed by atoms with Crippen molar-refractivity contribution in [2.24, 2.45) is 0 Å². The molecule has 1 N–H and O–H groups in total. The molecule has 1 aromatic heterocycles. The standard InChI is InChI=1S/C13H21N3OS/c1-4-5-11-15-10(3)12(18-11)13(17)16-7-6-14-9(2)8-16/h9,14H,4-8H2,1-3H3. The minimum Gasteiger partial charge on any atom is -0.335 e. The first-order valence-corrected chi connectivity index (χ1v) is 7.42. The Morgan fingerprint density at radius 3 is 3.06 bits per heavy atom. The number of carbonyl (C=O) groups is 1. The van der Waals surface area contributed by atoms with Gasteiger partial charge in [-0.3, -0.25) is 4.79 Å². The number of piperazine rings is 1. The maximum absolute atomic E-state index is 12.5. The van der Waals surface area contributed by atoms with Crippen LogP contribution in [0.15, 0.2) is 0 Å². The highest BCUT2D eigenvalue weighted by Crippen LogP contribution is 2.21. The molecule has 18 heavy (non-hydrogen) atoms. The van der Waals surface area contributed by atoms with E-state index in [-0.39, 0.29) is 5.91 Å². The lowest BCUT2D eigenvalue weighted by Crippen LogP contribution is -2.51. The summed E-state index contributed by atoms with van der Waals surface area (Å²) in [6.07, 6.45) is 2.04. The van der Waals surface area contributed by atoms with Gasteiger partial charge in [0.05, 0.1) is 10.7 Å². The van der Waals surface area contributed by atoms with Gasteiger partial charge in [0, 0.05) is 25.7 Å². The minimum absolute atomic E-state index is 0.153. The Kier molecular flexibility index (Phi) is 4.35. The normalized spacial score (nSPS) is 20.2. The second kappa shape index (κ2) is 5.80. The summed E-state index contributed by atoms with van der Waals surface area (Å²) >= 11 is 1.56. The summed E-state index contributed by atoms with van der Waals surface area (Å²) in [4.78, 5) is 19.7. The highest BCUT2D eigenvalue weighted by Gasteiger charge is 2.24. The van der Waals surface area contributed by atoms with Gasteiger partial charge in [-0.1, -0.05) is 6.92 Å². The Morgan fingerprint density at radius 1 is 1.61 bits per heavy atom. The van der Waals surface area contributed by atoms with E-state index in [4.69, 9.17) is 0 Å². The molecule has 1 fully saturated rings. The van der Waals surface area contributed by atoms with Gasteiger partial charge in [-0.2, -0.15) is 0 Å². The highest BCUT2D eigenvalue weighted by atomic mass is 32.1. The molecule has 1 saturated heterocycles. The number of aromatic nitrogens is 1. The molecule has 2 heterocycles. The second-order valence-electron chi connectivity index (χ2n) is 4.88. The molecule has 0 saturated carbocycles. The van der Waals surface area contributed by atoms with Crippen LogP contribution >= 0.6 is 11.3 Å². The number of nitrogens with one attached hydrogen (secondary N) is 1. The number of rotatable bonds is 3. The van der Waals surface area contributed by atoms with Gasteiger partial charge in [-0.25, -0.2) is 4.98 Å². The fourth-order valence-electron chi connectivity index (χ4n) is 2.23. The topological polar surface area (TPSA) is 45.2 Å². The van der Waals surface area contributed by atoms with E-state index in [0.717, 1.165) is 48.1 Å². The molecule has 1 unspecified atom stereocenters. The molecule has 1 aliphatic rings. The Hall–Kier alpha value is -0.940. The summed E-state index contributed by atoms with van der Waals surface area (Å²) < 4.78 is 0. The van der Waals surface area contributed by atoms with Gasteiger partial charge in [0.1, 0.15) is 4.88 Å². The molecular formula is C13H21N3OS. The van der Waals surface area contributed by atoms with Gasteiger partial charge in [0.2, 0.25) is 0 Å². The fraction of sp³-hybridized carbons (Fsp3) is 0.692. The van der Waals surface area contributed by atoms with E-state index in [0.29, 0.717) is 6.04 Å². The van der Waals surface area contributed by atoms with Gasteiger partial charge < -0.3 is 10.2 Å². The Bertz CT molecular complexity index is 430. The van der Waals surface area contributed by atoms with Crippen LogP contribution < -0.4 is 5.32 Å². The monoisotopic (exact) mass is 267 g/mol. The molecule has 1 aliphatic heterocycles. The number of amides is 1. The molecule has 2 rings (SSSR count). The Balaban J connectivity index is 2.12. The summed E-state index contributed by atoms with van der Waals surface area (Å²) in [5.41, 5.74) is 0.889. The van der Waals surface area contributed by atoms with Gasteiger partial charge >= 0.3 is 0 Å². The van der Waals surface area contributed by atoms with Crippen molar-refractivity contribution in [3.8, 4) is 0 Å². The molecule has 1 aromatic rings. The van der Waals surface area contributed by atoms with E-state index < -0.39 is 0 Å². The average Bonchev–Trinajstić information content (AvgIpc) is 2.70. The third-order valence-corrected chi connectivity index (χ3v) is 4.36. The fourth-order valence-corrected chi connectivity index (χ4v) is 3.37. The highest BCUT2D eigenvalue weighted by molar-refractivity contribution is 7.13. The van der Waals surface area contributed by atoms with E-state index >= 15 is 0 Å². The van der Waals surface area contributed by atoms with E-state index in [1.54, 1.807) is 11.3 Å². The summed E-state index contributed by atoms with van der Waals surface area (Å²) in [7, 11) is 0. The van der Waals surface area contributed by atoms with Crippen LogP contribution in [-0.2, 0) is 6.42 Å².